The lowest BCUT2D eigenvalue weighted by Crippen LogP contribution is -2.10. The van der Waals surface area contributed by atoms with Gasteiger partial charge in [-0.1, -0.05) is 24.3 Å². The third-order valence-electron chi connectivity index (χ3n) is 5.02. The van der Waals surface area contributed by atoms with E-state index in [2.05, 4.69) is 0 Å². The first-order valence-corrected chi connectivity index (χ1v) is 9.57. The highest BCUT2D eigenvalue weighted by Crippen LogP contribution is 2.32. The Bertz CT molecular complexity index is 1340. The molecule has 0 unspecified atom stereocenters. The Morgan fingerprint density at radius 1 is 0.903 bits per heavy atom. The molecule has 0 N–H and O–H groups in total. The summed E-state index contributed by atoms with van der Waals surface area (Å²) in [5, 5.41) is 0.378. The van der Waals surface area contributed by atoms with Crippen LogP contribution in [0.3, 0.4) is 0 Å². The van der Waals surface area contributed by atoms with Crippen LogP contribution in [0.4, 0.5) is 0 Å². The van der Waals surface area contributed by atoms with E-state index in [1.54, 1.807) is 49.6 Å². The van der Waals surface area contributed by atoms with Gasteiger partial charge in [0, 0.05) is 6.07 Å². The molecule has 6 nitrogen and oxygen atoms in total. The maximum atomic E-state index is 13.0. The number of methoxy groups -OCH3 is 2. The molecule has 0 spiro atoms. The predicted octanol–water partition coefficient (Wildman–Crippen LogP) is 5.00. The highest BCUT2D eigenvalue weighted by Gasteiger charge is 2.15. The summed E-state index contributed by atoms with van der Waals surface area (Å²) in [7, 11) is 3.08. The van der Waals surface area contributed by atoms with Crippen LogP contribution in [0.2, 0.25) is 0 Å². The lowest BCUT2D eigenvalue weighted by Gasteiger charge is -2.10. The van der Waals surface area contributed by atoms with Gasteiger partial charge in [-0.25, -0.2) is 4.79 Å². The van der Waals surface area contributed by atoms with Gasteiger partial charge in [0.1, 0.15) is 17.6 Å². The molecule has 6 heteroatoms. The molecule has 0 bridgehead atoms. The number of benzene rings is 3. The quantitative estimate of drug-likeness (QED) is 0.336. The molecular weight excluding hydrogens is 396 g/mol. The van der Waals surface area contributed by atoms with E-state index in [1.165, 1.54) is 19.4 Å². The van der Waals surface area contributed by atoms with Gasteiger partial charge in [0.05, 0.1) is 30.7 Å². The van der Waals surface area contributed by atoms with E-state index in [-0.39, 0.29) is 5.43 Å². The summed E-state index contributed by atoms with van der Waals surface area (Å²) in [5.74, 6) is 0.902. The van der Waals surface area contributed by atoms with E-state index in [0.717, 1.165) is 5.56 Å². The minimum atomic E-state index is -0.471. The number of rotatable bonds is 5. The molecule has 0 saturated carbocycles. The summed E-state index contributed by atoms with van der Waals surface area (Å²) in [6.07, 6.45) is 1.39. The van der Waals surface area contributed by atoms with E-state index >= 15 is 0 Å². The highest BCUT2D eigenvalue weighted by molar-refractivity contribution is 5.93. The molecule has 0 aliphatic carbocycles. The highest BCUT2D eigenvalue weighted by atomic mass is 16.5. The second-order valence-electron chi connectivity index (χ2n) is 6.91. The molecule has 156 valence electrons. The minimum absolute atomic E-state index is 0.203. The van der Waals surface area contributed by atoms with Crippen LogP contribution in [-0.4, -0.2) is 20.2 Å². The summed E-state index contributed by atoms with van der Waals surface area (Å²) in [6, 6.07) is 17.1. The molecule has 4 aromatic rings. The van der Waals surface area contributed by atoms with Crippen molar-refractivity contribution in [3.8, 4) is 28.4 Å². The monoisotopic (exact) mass is 416 g/mol. The number of carbonyl (C=O) groups excluding carboxylic acids is 1. The zero-order chi connectivity index (χ0) is 22.0. The van der Waals surface area contributed by atoms with Crippen molar-refractivity contribution in [2.45, 2.75) is 6.92 Å². The summed E-state index contributed by atoms with van der Waals surface area (Å²) in [6.45, 7) is 1.84. The van der Waals surface area contributed by atoms with Crippen LogP contribution in [0.5, 0.6) is 17.2 Å². The topological polar surface area (TPSA) is 75.0 Å². The first kappa shape index (κ1) is 20.2. The minimum Gasteiger partial charge on any atom is -0.493 e. The fourth-order valence-electron chi connectivity index (χ4n) is 3.34. The molecule has 0 fully saturated rings. The Morgan fingerprint density at radius 2 is 1.68 bits per heavy atom. The van der Waals surface area contributed by atoms with Crippen molar-refractivity contribution >= 4 is 16.9 Å². The standard InChI is InChI=1S/C25H20O6/c1-15-6-4-5-7-18(15)25(27)31-17-9-10-19-22(13-17)30-14-20(24(19)26)16-8-11-21(28-2)23(12-16)29-3/h4-14H,1-3H3. The summed E-state index contributed by atoms with van der Waals surface area (Å²) < 4.78 is 21.7. The average molecular weight is 416 g/mol. The Morgan fingerprint density at radius 3 is 2.42 bits per heavy atom. The van der Waals surface area contributed by atoms with Gasteiger partial charge in [0.2, 0.25) is 0 Å². The van der Waals surface area contributed by atoms with Crippen LogP contribution >= 0.6 is 0 Å². The fraction of sp³-hybridized carbons (Fsp3) is 0.120. The van der Waals surface area contributed by atoms with Crippen LogP contribution in [0.15, 0.2) is 76.1 Å². The second kappa shape index (κ2) is 8.36. The molecule has 1 heterocycles. The van der Waals surface area contributed by atoms with Gasteiger partial charge in [-0.15, -0.1) is 0 Å². The summed E-state index contributed by atoms with van der Waals surface area (Å²) in [4.78, 5) is 25.5. The van der Waals surface area contributed by atoms with E-state index in [0.29, 0.717) is 44.9 Å². The number of ether oxygens (including phenoxy) is 3. The molecule has 0 saturated heterocycles. The van der Waals surface area contributed by atoms with Gasteiger partial charge in [-0.2, -0.15) is 0 Å². The zero-order valence-electron chi connectivity index (χ0n) is 17.3. The Labute approximate surface area is 178 Å². The van der Waals surface area contributed by atoms with Gasteiger partial charge >= 0.3 is 5.97 Å². The fourth-order valence-corrected chi connectivity index (χ4v) is 3.34. The van der Waals surface area contributed by atoms with Crippen molar-refractivity contribution in [3.63, 3.8) is 0 Å². The number of hydrogen-bond acceptors (Lipinski definition) is 6. The number of carbonyl (C=O) groups is 1. The van der Waals surface area contributed by atoms with E-state index in [1.807, 2.05) is 19.1 Å². The zero-order valence-corrected chi connectivity index (χ0v) is 17.3. The van der Waals surface area contributed by atoms with Gasteiger partial charge in [-0.3, -0.25) is 4.79 Å². The average Bonchev–Trinajstić information content (AvgIpc) is 2.79. The van der Waals surface area contributed by atoms with Crippen molar-refractivity contribution in [3.05, 3.63) is 88.3 Å². The first-order chi connectivity index (χ1) is 15.0. The number of aryl methyl sites for hydroxylation is 1. The van der Waals surface area contributed by atoms with Crippen molar-refractivity contribution in [1.29, 1.82) is 0 Å². The SMILES string of the molecule is COc1ccc(-c2coc3cc(OC(=O)c4ccccc4C)ccc3c2=O)cc1OC. The largest absolute Gasteiger partial charge is 0.493 e. The molecule has 0 aliphatic rings. The number of hydrogen-bond donors (Lipinski definition) is 0. The molecular formula is C25H20O6. The van der Waals surface area contributed by atoms with Gasteiger partial charge in [-0.05, 0) is 48.4 Å². The van der Waals surface area contributed by atoms with E-state index in [9.17, 15) is 9.59 Å². The van der Waals surface area contributed by atoms with Crippen molar-refractivity contribution < 1.29 is 23.4 Å². The van der Waals surface area contributed by atoms with Crippen molar-refractivity contribution in [2.75, 3.05) is 14.2 Å². The molecule has 0 amide bonds. The normalized spacial score (nSPS) is 10.7. The molecule has 3 aromatic carbocycles. The van der Waals surface area contributed by atoms with E-state index in [4.69, 9.17) is 18.6 Å². The Balaban J connectivity index is 1.68. The second-order valence-corrected chi connectivity index (χ2v) is 6.91. The lowest BCUT2D eigenvalue weighted by molar-refractivity contribution is 0.0734. The Hall–Kier alpha value is -4.06. The first-order valence-electron chi connectivity index (χ1n) is 9.57. The molecule has 31 heavy (non-hydrogen) atoms. The predicted molar refractivity (Wildman–Crippen MR) is 117 cm³/mol. The van der Waals surface area contributed by atoms with Crippen LogP contribution in [-0.2, 0) is 0 Å². The van der Waals surface area contributed by atoms with Crippen molar-refractivity contribution in [1.82, 2.24) is 0 Å². The lowest BCUT2D eigenvalue weighted by atomic mass is 10.0. The summed E-state index contributed by atoms with van der Waals surface area (Å²) in [5.41, 5.74) is 2.45. The number of fused-ring (bicyclic) bond motifs is 1. The molecule has 0 radical (unpaired) electrons. The van der Waals surface area contributed by atoms with Crippen LogP contribution < -0.4 is 19.6 Å². The van der Waals surface area contributed by atoms with Crippen molar-refractivity contribution in [2.24, 2.45) is 0 Å². The summed E-state index contributed by atoms with van der Waals surface area (Å²) >= 11 is 0. The molecule has 4 rings (SSSR count). The Kier molecular flexibility index (Phi) is 5.45. The van der Waals surface area contributed by atoms with Crippen LogP contribution in [0, 0.1) is 6.92 Å². The smallest absolute Gasteiger partial charge is 0.343 e. The third kappa shape index (κ3) is 3.88. The maximum Gasteiger partial charge on any atom is 0.343 e. The third-order valence-corrected chi connectivity index (χ3v) is 5.02. The number of esters is 1. The maximum absolute atomic E-state index is 13.0. The van der Waals surface area contributed by atoms with Gasteiger partial charge in [0.25, 0.3) is 0 Å². The molecule has 0 aliphatic heterocycles. The van der Waals surface area contributed by atoms with E-state index < -0.39 is 5.97 Å². The van der Waals surface area contributed by atoms with Crippen LogP contribution in [0.1, 0.15) is 15.9 Å². The van der Waals surface area contributed by atoms with Gasteiger partial charge < -0.3 is 18.6 Å². The van der Waals surface area contributed by atoms with Gasteiger partial charge in [0.15, 0.2) is 16.9 Å². The van der Waals surface area contributed by atoms with Crippen LogP contribution in [0.25, 0.3) is 22.1 Å². The molecule has 0 atom stereocenters. The molecule has 1 aromatic heterocycles.